The molecule has 1 heterocycles. The highest BCUT2D eigenvalue weighted by Gasteiger charge is 2.44. The minimum atomic E-state index is -1.61. The zero-order chi connectivity index (χ0) is 41.8. The van der Waals surface area contributed by atoms with Crippen LogP contribution in [0.1, 0.15) is 206 Å². The molecule has 0 spiro atoms. The molecule has 8 unspecified atom stereocenters. The summed E-state index contributed by atoms with van der Waals surface area (Å²) in [5.74, 6) is -0.624. The van der Waals surface area contributed by atoms with Crippen LogP contribution in [0.3, 0.4) is 0 Å². The molecule has 7 N–H and O–H groups in total. The molecule has 0 aromatic heterocycles. The van der Waals surface area contributed by atoms with Gasteiger partial charge in [0, 0.05) is 0 Å². The fourth-order valence-electron chi connectivity index (χ4n) is 7.45. The SMILES string of the molecule is CCCCCCCCCCC/C=C\CCCCCCC(O)C(=O)NC(COC1OC(CO)C(O)C(O)C1O)C(O)/C=C/CCCCCCCCCCCCCCC. The van der Waals surface area contributed by atoms with Gasteiger partial charge in [0.1, 0.15) is 30.5 Å². The molecule has 0 aliphatic carbocycles. The first kappa shape index (κ1) is 53.6. The molecule has 0 aromatic carbocycles. The molecular formula is C47H89NO9. The van der Waals surface area contributed by atoms with Gasteiger partial charge in [0.2, 0.25) is 5.91 Å². The Labute approximate surface area is 348 Å². The molecule has 1 saturated heterocycles. The lowest BCUT2D eigenvalue weighted by Gasteiger charge is -2.40. The first-order valence-electron chi connectivity index (χ1n) is 23.7. The first-order chi connectivity index (χ1) is 27.8. The van der Waals surface area contributed by atoms with Crippen molar-refractivity contribution in [1.29, 1.82) is 0 Å². The number of unbranched alkanes of at least 4 members (excludes halogenated alkanes) is 26. The highest BCUT2D eigenvalue weighted by Crippen LogP contribution is 2.23. The van der Waals surface area contributed by atoms with Gasteiger partial charge in [-0.15, -0.1) is 0 Å². The van der Waals surface area contributed by atoms with Crippen LogP contribution in [-0.4, -0.2) is 98.7 Å². The topological polar surface area (TPSA) is 169 Å². The molecule has 1 amide bonds. The van der Waals surface area contributed by atoms with Crippen LogP contribution in [0.25, 0.3) is 0 Å². The van der Waals surface area contributed by atoms with E-state index >= 15 is 0 Å². The van der Waals surface area contributed by atoms with Crippen LogP contribution in [0.15, 0.2) is 24.3 Å². The Morgan fingerprint density at radius 1 is 0.596 bits per heavy atom. The molecular weight excluding hydrogens is 723 g/mol. The van der Waals surface area contributed by atoms with E-state index in [1.165, 1.54) is 128 Å². The quantitative estimate of drug-likeness (QED) is 0.0237. The molecule has 1 fully saturated rings. The molecule has 336 valence electrons. The largest absolute Gasteiger partial charge is 0.394 e. The lowest BCUT2D eigenvalue weighted by molar-refractivity contribution is -0.302. The number of hydrogen-bond donors (Lipinski definition) is 7. The van der Waals surface area contributed by atoms with Crippen molar-refractivity contribution in [2.24, 2.45) is 0 Å². The molecule has 8 atom stereocenters. The zero-order valence-electron chi connectivity index (χ0n) is 36.5. The Kier molecular flexibility index (Phi) is 35.4. The number of carbonyl (C=O) groups is 1. The second-order valence-electron chi connectivity index (χ2n) is 16.7. The second kappa shape index (κ2) is 37.6. The molecule has 0 radical (unpaired) electrons. The van der Waals surface area contributed by atoms with Crippen LogP contribution in [-0.2, 0) is 14.3 Å². The van der Waals surface area contributed by atoms with E-state index in [1.54, 1.807) is 6.08 Å². The summed E-state index contributed by atoms with van der Waals surface area (Å²) < 4.78 is 11.1. The average molecular weight is 812 g/mol. The van der Waals surface area contributed by atoms with Gasteiger partial charge in [-0.2, -0.15) is 0 Å². The summed E-state index contributed by atoms with van der Waals surface area (Å²) >= 11 is 0. The summed E-state index contributed by atoms with van der Waals surface area (Å²) in [6.07, 6.45) is 34.0. The maximum atomic E-state index is 13.0. The summed E-state index contributed by atoms with van der Waals surface area (Å²) in [7, 11) is 0. The van der Waals surface area contributed by atoms with Gasteiger partial charge < -0.3 is 45.4 Å². The standard InChI is InChI=1S/C47H89NO9/c1-3-5-7-9-11-13-15-17-19-20-22-24-26-28-30-32-34-36-41(51)46(55)48-39(38-56-47-45(54)44(53)43(52)42(37-49)57-47)40(50)35-33-31-29-27-25-23-21-18-16-14-12-10-8-6-4-2/h22,24,33,35,39-45,47,49-54H,3-21,23,25-32,34,36-38H2,1-2H3,(H,48,55)/b24-22-,35-33+. The van der Waals surface area contributed by atoms with Crippen molar-refractivity contribution in [3.8, 4) is 0 Å². The minimum absolute atomic E-state index is 0.297. The third-order valence-electron chi connectivity index (χ3n) is 11.4. The first-order valence-corrected chi connectivity index (χ1v) is 23.7. The van der Waals surface area contributed by atoms with Crippen LogP contribution in [0.4, 0.5) is 0 Å². The maximum Gasteiger partial charge on any atom is 0.249 e. The summed E-state index contributed by atoms with van der Waals surface area (Å²) in [5, 5.41) is 64.7. The highest BCUT2D eigenvalue weighted by atomic mass is 16.7. The van der Waals surface area contributed by atoms with Crippen molar-refractivity contribution < 1.29 is 44.9 Å². The average Bonchev–Trinajstić information content (AvgIpc) is 3.21. The van der Waals surface area contributed by atoms with Crippen molar-refractivity contribution >= 4 is 5.91 Å². The van der Waals surface area contributed by atoms with Crippen LogP contribution in [0.5, 0.6) is 0 Å². The second-order valence-corrected chi connectivity index (χ2v) is 16.7. The summed E-state index contributed by atoms with van der Waals surface area (Å²) in [6.45, 7) is 3.60. The number of amides is 1. The number of aliphatic hydroxyl groups is 6. The molecule has 0 saturated carbocycles. The van der Waals surface area contributed by atoms with Crippen molar-refractivity contribution in [3.63, 3.8) is 0 Å². The highest BCUT2D eigenvalue weighted by molar-refractivity contribution is 5.80. The van der Waals surface area contributed by atoms with E-state index in [1.807, 2.05) is 6.08 Å². The van der Waals surface area contributed by atoms with Crippen molar-refractivity contribution in [2.45, 2.75) is 255 Å². The Morgan fingerprint density at radius 3 is 1.47 bits per heavy atom. The fourth-order valence-corrected chi connectivity index (χ4v) is 7.45. The Morgan fingerprint density at radius 2 is 1.02 bits per heavy atom. The number of allylic oxidation sites excluding steroid dienone is 3. The fraction of sp³-hybridized carbons (Fsp3) is 0.894. The summed E-state index contributed by atoms with van der Waals surface area (Å²) in [4.78, 5) is 13.0. The smallest absolute Gasteiger partial charge is 0.249 e. The lowest BCUT2D eigenvalue weighted by atomic mass is 9.99. The van der Waals surface area contributed by atoms with Crippen LogP contribution in [0, 0.1) is 0 Å². The minimum Gasteiger partial charge on any atom is -0.394 e. The molecule has 57 heavy (non-hydrogen) atoms. The van der Waals surface area contributed by atoms with Gasteiger partial charge in [-0.1, -0.05) is 186 Å². The van der Waals surface area contributed by atoms with E-state index in [9.17, 15) is 35.4 Å². The number of rotatable bonds is 39. The lowest BCUT2D eigenvalue weighted by Crippen LogP contribution is -2.60. The Bertz CT molecular complexity index is 963. The van der Waals surface area contributed by atoms with E-state index in [4.69, 9.17) is 9.47 Å². The molecule has 0 aromatic rings. The zero-order valence-corrected chi connectivity index (χ0v) is 36.5. The summed E-state index contributed by atoms with van der Waals surface area (Å²) in [5.41, 5.74) is 0. The third-order valence-corrected chi connectivity index (χ3v) is 11.4. The van der Waals surface area contributed by atoms with Crippen molar-refractivity contribution in [1.82, 2.24) is 5.32 Å². The van der Waals surface area contributed by atoms with E-state index in [0.29, 0.717) is 12.8 Å². The molecule has 10 heteroatoms. The number of aliphatic hydroxyl groups excluding tert-OH is 6. The van der Waals surface area contributed by atoms with Crippen LogP contribution < -0.4 is 5.32 Å². The Hall–Kier alpha value is -1.37. The number of ether oxygens (including phenoxy) is 2. The molecule has 0 bridgehead atoms. The third kappa shape index (κ3) is 27.9. The van der Waals surface area contributed by atoms with Gasteiger partial charge in [0.15, 0.2) is 6.29 Å². The van der Waals surface area contributed by atoms with Crippen molar-refractivity contribution in [3.05, 3.63) is 24.3 Å². The van der Waals surface area contributed by atoms with E-state index < -0.39 is 61.5 Å². The van der Waals surface area contributed by atoms with Crippen LogP contribution >= 0.6 is 0 Å². The number of carbonyl (C=O) groups excluding carboxylic acids is 1. The van der Waals surface area contributed by atoms with Gasteiger partial charge in [-0.3, -0.25) is 4.79 Å². The van der Waals surface area contributed by atoms with Gasteiger partial charge >= 0.3 is 0 Å². The number of nitrogens with one attached hydrogen (secondary N) is 1. The van der Waals surface area contributed by atoms with E-state index in [-0.39, 0.29) is 6.61 Å². The molecule has 1 aliphatic heterocycles. The van der Waals surface area contributed by atoms with Crippen molar-refractivity contribution in [2.75, 3.05) is 13.2 Å². The van der Waals surface area contributed by atoms with Gasteiger partial charge in [0.25, 0.3) is 0 Å². The normalized spacial score (nSPS) is 21.7. The predicted octanol–water partition coefficient (Wildman–Crippen LogP) is 8.86. The monoisotopic (exact) mass is 812 g/mol. The van der Waals surface area contributed by atoms with E-state index in [0.717, 1.165) is 51.4 Å². The van der Waals surface area contributed by atoms with Gasteiger partial charge in [-0.25, -0.2) is 0 Å². The molecule has 10 nitrogen and oxygen atoms in total. The van der Waals surface area contributed by atoms with Gasteiger partial charge in [0.05, 0.1) is 25.4 Å². The summed E-state index contributed by atoms with van der Waals surface area (Å²) in [6, 6.07) is -0.982. The predicted molar refractivity (Wildman–Crippen MR) is 232 cm³/mol. The number of hydrogen-bond acceptors (Lipinski definition) is 9. The van der Waals surface area contributed by atoms with Crippen LogP contribution in [0.2, 0.25) is 0 Å². The maximum absolute atomic E-state index is 13.0. The van der Waals surface area contributed by atoms with E-state index in [2.05, 4.69) is 31.3 Å². The van der Waals surface area contributed by atoms with Gasteiger partial charge in [-0.05, 0) is 44.9 Å². The molecule has 1 aliphatic rings. The Balaban J connectivity index is 2.42. The molecule has 1 rings (SSSR count).